The maximum absolute atomic E-state index is 9.52. The summed E-state index contributed by atoms with van der Waals surface area (Å²) in [5.74, 6) is 11.3. The van der Waals surface area contributed by atoms with Crippen molar-refractivity contribution in [2.45, 2.75) is 38.9 Å². The molecular formula is C16H18O2. The third kappa shape index (κ3) is 6.11. The lowest BCUT2D eigenvalue weighted by molar-refractivity contribution is 0.143. The van der Waals surface area contributed by atoms with E-state index in [-0.39, 0.29) is 0 Å². The van der Waals surface area contributed by atoms with Gasteiger partial charge in [-0.05, 0) is 45.9 Å². The van der Waals surface area contributed by atoms with Gasteiger partial charge in [0.15, 0.2) is 0 Å². The molecule has 1 rings (SSSR count). The van der Waals surface area contributed by atoms with E-state index in [4.69, 9.17) is 0 Å². The predicted octanol–water partition coefficient (Wildman–Crippen LogP) is 1.93. The van der Waals surface area contributed by atoms with Crippen LogP contribution in [0.1, 0.15) is 38.8 Å². The molecule has 0 aliphatic carbocycles. The van der Waals surface area contributed by atoms with E-state index in [0.717, 1.165) is 11.1 Å². The molecule has 0 spiro atoms. The van der Waals surface area contributed by atoms with Gasteiger partial charge in [-0.3, -0.25) is 0 Å². The van der Waals surface area contributed by atoms with Gasteiger partial charge in [-0.25, -0.2) is 0 Å². The molecule has 94 valence electrons. The summed E-state index contributed by atoms with van der Waals surface area (Å²) in [6, 6.07) is 7.39. The van der Waals surface area contributed by atoms with E-state index in [2.05, 4.69) is 23.7 Å². The molecule has 0 heterocycles. The van der Waals surface area contributed by atoms with Crippen LogP contribution in [0.2, 0.25) is 0 Å². The fraction of sp³-hybridized carbons (Fsp3) is 0.375. The minimum atomic E-state index is -1.01. The van der Waals surface area contributed by atoms with Crippen LogP contribution in [0.5, 0.6) is 0 Å². The lowest BCUT2D eigenvalue weighted by Crippen LogP contribution is -2.14. The quantitative estimate of drug-likeness (QED) is 0.682. The van der Waals surface area contributed by atoms with Crippen molar-refractivity contribution in [1.29, 1.82) is 0 Å². The van der Waals surface area contributed by atoms with Crippen LogP contribution in [0.4, 0.5) is 0 Å². The van der Waals surface area contributed by atoms with E-state index >= 15 is 0 Å². The molecule has 0 atom stereocenters. The molecule has 2 N–H and O–H groups in total. The summed E-state index contributed by atoms with van der Waals surface area (Å²) >= 11 is 0. The highest BCUT2D eigenvalue weighted by molar-refractivity contribution is 5.44. The number of rotatable bonds is 0. The third-order valence-corrected chi connectivity index (χ3v) is 1.89. The van der Waals surface area contributed by atoms with Crippen LogP contribution in [0.15, 0.2) is 24.3 Å². The van der Waals surface area contributed by atoms with Crippen LogP contribution < -0.4 is 0 Å². The first-order valence-corrected chi connectivity index (χ1v) is 5.77. The van der Waals surface area contributed by atoms with Gasteiger partial charge in [0, 0.05) is 11.1 Å². The summed E-state index contributed by atoms with van der Waals surface area (Å²) in [5.41, 5.74) is -0.428. The van der Waals surface area contributed by atoms with Crippen molar-refractivity contribution in [3.05, 3.63) is 35.4 Å². The van der Waals surface area contributed by atoms with Gasteiger partial charge in [0.05, 0.1) is 0 Å². The van der Waals surface area contributed by atoms with Gasteiger partial charge in [0.25, 0.3) is 0 Å². The van der Waals surface area contributed by atoms with Crippen molar-refractivity contribution in [3.63, 3.8) is 0 Å². The molecule has 0 aliphatic rings. The maximum atomic E-state index is 9.52. The zero-order valence-electron chi connectivity index (χ0n) is 11.2. The fourth-order valence-corrected chi connectivity index (χ4v) is 1.12. The van der Waals surface area contributed by atoms with Crippen LogP contribution in [0.3, 0.4) is 0 Å². The summed E-state index contributed by atoms with van der Waals surface area (Å²) in [6.45, 7) is 6.55. The third-order valence-electron chi connectivity index (χ3n) is 1.89. The Balaban J connectivity index is 2.99. The molecule has 0 unspecified atom stereocenters. The lowest BCUT2D eigenvalue weighted by atomic mass is 10.1. The molecular weight excluding hydrogens is 224 g/mol. The normalized spacial score (nSPS) is 11.0. The van der Waals surface area contributed by atoms with Gasteiger partial charge in [0.2, 0.25) is 0 Å². The van der Waals surface area contributed by atoms with Crippen molar-refractivity contribution >= 4 is 0 Å². The average Bonchev–Trinajstić information content (AvgIpc) is 2.22. The topological polar surface area (TPSA) is 40.5 Å². The predicted molar refractivity (Wildman–Crippen MR) is 72.8 cm³/mol. The highest BCUT2D eigenvalue weighted by Crippen LogP contribution is 2.05. The molecule has 1 aromatic rings. The Hall–Kier alpha value is -1.74. The van der Waals surface area contributed by atoms with E-state index in [1.807, 2.05) is 24.3 Å². The summed E-state index contributed by atoms with van der Waals surface area (Å²) < 4.78 is 0. The zero-order valence-corrected chi connectivity index (χ0v) is 11.2. The Morgan fingerprint density at radius 1 is 0.833 bits per heavy atom. The molecule has 0 aliphatic heterocycles. The highest BCUT2D eigenvalue weighted by atomic mass is 16.3. The van der Waals surface area contributed by atoms with E-state index in [0.29, 0.717) is 0 Å². The van der Waals surface area contributed by atoms with Gasteiger partial charge >= 0.3 is 0 Å². The molecule has 2 heteroatoms. The molecule has 0 bridgehead atoms. The van der Waals surface area contributed by atoms with Gasteiger partial charge < -0.3 is 10.2 Å². The Kier molecular flexibility index (Phi) is 4.19. The molecule has 0 radical (unpaired) electrons. The molecule has 1 aromatic carbocycles. The second kappa shape index (κ2) is 5.27. The van der Waals surface area contributed by atoms with Crippen molar-refractivity contribution in [3.8, 4) is 23.7 Å². The Morgan fingerprint density at radius 2 is 1.22 bits per heavy atom. The Bertz CT molecular complexity index is 487. The van der Waals surface area contributed by atoms with E-state index in [9.17, 15) is 10.2 Å². The monoisotopic (exact) mass is 242 g/mol. The fourth-order valence-electron chi connectivity index (χ4n) is 1.12. The summed E-state index contributed by atoms with van der Waals surface area (Å²) in [4.78, 5) is 0. The summed E-state index contributed by atoms with van der Waals surface area (Å²) in [7, 11) is 0. The van der Waals surface area contributed by atoms with Crippen LogP contribution in [0.25, 0.3) is 0 Å². The van der Waals surface area contributed by atoms with Crippen molar-refractivity contribution in [2.24, 2.45) is 0 Å². The number of hydrogen-bond donors (Lipinski definition) is 2. The molecule has 18 heavy (non-hydrogen) atoms. The lowest BCUT2D eigenvalue weighted by Gasteiger charge is -2.06. The number of benzene rings is 1. The molecule has 2 nitrogen and oxygen atoms in total. The minimum Gasteiger partial charge on any atom is -0.378 e. The largest absolute Gasteiger partial charge is 0.378 e. The number of aliphatic hydroxyl groups is 2. The maximum Gasteiger partial charge on any atom is 0.120 e. The van der Waals surface area contributed by atoms with Crippen molar-refractivity contribution in [2.75, 3.05) is 0 Å². The van der Waals surface area contributed by atoms with Crippen molar-refractivity contribution in [1.82, 2.24) is 0 Å². The van der Waals surface area contributed by atoms with Gasteiger partial charge in [-0.1, -0.05) is 29.7 Å². The molecule has 0 amide bonds. The Morgan fingerprint density at radius 3 is 1.56 bits per heavy atom. The average molecular weight is 242 g/mol. The molecule has 0 fully saturated rings. The first-order valence-electron chi connectivity index (χ1n) is 5.77. The highest BCUT2D eigenvalue weighted by Gasteiger charge is 2.06. The van der Waals surface area contributed by atoms with Gasteiger partial charge in [-0.2, -0.15) is 0 Å². The summed E-state index contributed by atoms with van der Waals surface area (Å²) in [5, 5.41) is 19.0. The molecule has 0 saturated heterocycles. The van der Waals surface area contributed by atoms with Crippen LogP contribution >= 0.6 is 0 Å². The number of hydrogen-bond acceptors (Lipinski definition) is 2. The molecule has 0 saturated carbocycles. The van der Waals surface area contributed by atoms with E-state index in [1.54, 1.807) is 27.7 Å². The van der Waals surface area contributed by atoms with Gasteiger partial charge in [0.1, 0.15) is 11.2 Å². The van der Waals surface area contributed by atoms with Crippen LogP contribution in [-0.2, 0) is 0 Å². The molecule has 0 aromatic heterocycles. The van der Waals surface area contributed by atoms with E-state index < -0.39 is 11.2 Å². The van der Waals surface area contributed by atoms with E-state index in [1.165, 1.54) is 0 Å². The second-order valence-electron chi connectivity index (χ2n) is 5.20. The smallest absolute Gasteiger partial charge is 0.120 e. The van der Waals surface area contributed by atoms with Gasteiger partial charge in [-0.15, -0.1) is 0 Å². The Labute approximate surface area is 109 Å². The SMILES string of the molecule is CC(C)(O)C#Cc1cccc(C#CC(C)(C)O)c1. The van der Waals surface area contributed by atoms with Crippen LogP contribution in [0, 0.1) is 23.7 Å². The minimum absolute atomic E-state index is 0.791. The zero-order chi connectivity index (χ0) is 13.8. The summed E-state index contributed by atoms with van der Waals surface area (Å²) in [6.07, 6.45) is 0. The first-order chi connectivity index (χ1) is 8.16. The van der Waals surface area contributed by atoms with Crippen LogP contribution in [-0.4, -0.2) is 21.4 Å². The standard InChI is InChI=1S/C16H18O2/c1-15(2,17)10-8-13-6-5-7-14(12-13)9-11-16(3,4)18/h5-7,12,17-18H,1-4H3. The van der Waals surface area contributed by atoms with Crippen molar-refractivity contribution < 1.29 is 10.2 Å². The second-order valence-corrected chi connectivity index (χ2v) is 5.20. The first kappa shape index (κ1) is 14.3.